The predicted octanol–water partition coefficient (Wildman–Crippen LogP) is 10.2. The van der Waals surface area contributed by atoms with E-state index in [-0.39, 0.29) is 30.2 Å². The number of hydrogen-bond donors (Lipinski definition) is 1. The maximum Gasteiger partial charge on any atom is 0.305 e. The van der Waals surface area contributed by atoms with E-state index >= 15 is 0 Å². The summed E-state index contributed by atoms with van der Waals surface area (Å²) in [6.45, 7) is 16.4. The molecule has 1 aliphatic rings. The van der Waals surface area contributed by atoms with Gasteiger partial charge in [0.2, 0.25) is 0 Å². The molecule has 0 bridgehead atoms. The molecule has 7 heteroatoms. The third kappa shape index (κ3) is 13.0. The van der Waals surface area contributed by atoms with E-state index in [1.54, 1.807) is 0 Å². The summed E-state index contributed by atoms with van der Waals surface area (Å²) in [5, 5.41) is 11.4. The number of benzene rings is 1. The monoisotopic (exact) mass is 660 g/mol. The molecule has 0 aromatic heterocycles. The van der Waals surface area contributed by atoms with Crippen LogP contribution < -0.4 is 0 Å². The van der Waals surface area contributed by atoms with E-state index in [0.717, 1.165) is 94.1 Å². The van der Waals surface area contributed by atoms with Gasteiger partial charge >= 0.3 is 5.97 Å². The molecule has 0 heterocycles. The molecular weight excluding hydrogens is 593 g/mol. The minimum atomic E-state index is -1.82. The molecule has 1 aliphatic carbocycles. The SMILES string of the molecule is CCCOC(=O)CCC/C=C\C[C@@H]1[C@@H](CC[C@H](CCc2ccccc2)O[Si](CC)(CC)CC)[C@H](O[Si](CC)(CC)CC)C[C@@H]1O. The van der Waals surface area contributed by atoms with Crippen LogP contribution >= 0.6 is 0 Å². The summed E-state index contributed by atoms with van der Waals surface area (Å²) in [6.07, 6.45) is 13.2. The van der Waals surface area contributed by atoms with Gasteiger partial charge in [0.25, 0.3) is 0 Å². The third-order valence-corrected chi connectivity index (χ3v) is 20.3. The average molecular weight is 661 g/mol. The van der Waals surface area contributed by atoms with Crippen LogP contribution in [-0.4, -0.2) is 52.6 Å². The molecule has 0 spiro atoms. The highest BCUT2D eigenvalue weighted by atomic mass is 28.4. The standard InChI is InChI=1S/C38H68O5Si2/c1-8-30-41-38(40)25-21-16-15-20-24-34-35(37(31-36(34)39)43-45(12-5,13-6)14-7)29-28-33(42-44(9-2,10-3)11-4)27-26-32-22-18-17-19-23-32/h15,17-20,22-23,33-37,39H,8-14,16,21,24-31H2,1-7H3/b20-15-/t33-,34+,35+,36-,37+/m0/s1. The molecule has 258 valence electrons. The second-order valence-corrected chi connectivity index (χ2v) is 22.9. The smallest absolute Gasteiger partial charge is 0.305 e. The first-order valence-corrected chi connectivity index (χ1v) is 23.7. The Labute approximate surface area is 279 Å². The van der Waals surface area contributed by atoms with E-state index in [1.165, 1.54) is 5.56 Å². The molecule has 45 heavy (non-hydrogen) atoms. The molecule has 0 aliphatic heterocycles. The lowest BCUT2D eigenvalue weighted by Gasteiger charge is -2.37. The highest BCUT2D eigenvalue weighted by Crippen LogP contribution is 2.43. The van der Waals surface area contributed by atoms with Crippen LogP contribution in [0.25, 0.3) is 0 Å². The molecular formula is C38H68O5Si2. The fourth-order valence-corrected chi connectivity index (χ4v) is 13.2. The maximum absolute atomic E-state index is 11.9. The molecule has 1 saturated carbocycles. The zero-order valence-corrected chi connectivity index (χ0v) is 32.0. The lowest BCUT2D eigenvalue weighted by Crippen LogP contribution is -2.42. The van der Waals surface area contributed by atoms with Gasteiger partial charge in [0.15, 0.2) is 16.6 Å². The van der Waals surface area contributed by atoms with Crippen molar-refractivity contribution in [2.75, 3.05) is 6.61 Å². The van der Waals surface area contributed by atoms with Crippen molar-refractivity contribution in [3.63, 3.8) is 0 Å². The zero-order chi connectivity index (χ0) is 33.1. The number of carbonyl (C=O) groups excluding carboxylic acids is 1. The summed E-state index contributed by atoms with van der Waals surface area (Å²) in [5.41, 5.74) is 1.38. The lowest BCUT2D eigenvalue weighted by molar-refractivity contribution is -0.143. The maximum atomic E-state index is 11.9. The Kier molecular flexibility index (Phi) is 19.1. The molecule has 5 atom stereocenters. The van der Waals surface area contributed by atoms with Crippen LogP contribution in [0.15, 0.2) is 42.5 Å². The fourth-order valence-electron chi connectivity index (χ4n) is 7.33. The number of aliphatic hydroxyl groups excluding tert-OH is 1. The van der Waals surface area contributed by atoms with E-state index in [9.17, 15) is 9.90 Å². The summed E-state index contributed by atoms with van der Waals surface area (Å²) in [4.78, 5) is 11.9. The first-order valence-electron chi connectivity index (χ1n) is 18.6. The molecule has 0 radical (unpaired) electrons. The zero-order valence-electron chi connectivity index (χ0n) is 30.0. The van der Waals surface area contributed by atoms with Gasteiger partial charge in [-0.15, -0.1) is 0 Å². The van der Waals surface area contributed by atoms with Crippen molar-refractivity contribution in [2.24, 2.45) is 11.8 Å². The van der Waals surface area contributed by atoms with Crippen LogP contribution in [0.2, 0.25) is 36.3 Å². The van der Waals surface area contributed by atoms with E-state index in [0.29, 0.717) is 18.9 Å². The van der Waals surface area contributed by atoms with Gasteiger partial charge in [-0.05, 0) is 111 Å². The van der Waals surface area contributed by atoms with Gasteiger partial charge in [-0.1, -0.05) is 91.0 Å². The van der Waals surface area contributed by atoms with Crippen molar-refractivity contribution in [2.45, 2.75) is 167 Å². The fraction of sp³-hybridized carbons (Fsp3) is 0.763. The van der Waals surface area contributed by atoms with Crippen molar-refractivity contribution in [3.05, 3.63) is 48.0 Å². The molecule has 2 rings (SSSR count). The van der Waals surface area contributed by atoms with Crippen molar-refractivity contribution >= 4 is 22.6 Å². The Balaban J connectivity index is 2.19. The largest absolute Gasteiger partial charge is 0.466 e. The van der Waals surface area contributed by atoms with E-state index in [2.05, 4.69) is 84.0 Å². The summed E-state index contributed by atoms with van der Waals surface area (Å²) in [6, 6.07) is 17.7. The van der Waals surface area contributed by atoms with E-state index in [1.807, 2.05) is 6.92 Å². The van der Waals surface area contributed by atoms with Crippen molar-refractivity contribution in [1.82, 2.24) is 0 Å². The van der Waals surface area contributed by atoms with Gasteiger partial charge in [0, 0.05) is 12.5 Å². The molecule has 1 fully saturated rings. The van der Waals surface area contributed by atoms with Crippen molar-refractivity contribution < 1.29 is 23.5 Å². The highest BCUT2D eigenvalue weighted by Gasteiger charge is 2.46. The number of aryl methyl sites for hydroxylation is 1. The Morgan fingerprint density at radius 3 is 2.13 bits per heavy atom. The Bertz CT molecular complexity index is 930. The molecule has 0 unspecified atom stereocenters. The molecule has 1 N–H and O–H groups in total. The van der Waals surface area contributed by atoms with Crippen molar-refractivity contribution in [1.29, 1.82) is 0 Å². The molecule has 0 saturated heterocycles. The number of carbonyl (C=O) groups is 1. The summed E-state index contributed by atoms with van der Waals surface area (Å²) in [7, 11) is -3.59. The quantitative estimate of drug-likeness (QED) is 0.0517. The number of ether oxygens (including phenoxy) is 1. The van der Waals surface area contributed by atoms with Crippen molar-refractivity contribution in [3.8, 4) is 0 Å². The first kappa shape index (κ1) is 39.9. The highest BCUT2D eigenvalue weighted by molar-refractivity contribution is 6.74. The minimum Gasteiger partial charge on any atom is -0.466 e. The topological polar surface area (TPSA) is 65.0 Å². The molecule has 1 aromatic rings. The average Bonchev–Trinajstić information content (AvgIpc) is 3.37. The van der Waals surface area contributed by atoms with Gasteiger partial charge in [-0.2, -0.15) is 0 Å². The first-order chi connectivity index (χ1) is 21.7. The second-order valence-electron chi connectivity index (χ2n) is 13.4. The van der Waals surface area contributed by atoms with Crippen LogP contribution in [0.1, 0.15) is 112 Å². The summed E-state index contributed by atoms with van der Waals surface area (Å²) >= 11 is 0. The summed E-state index contributed by atoms with van der Waals surface area (Å²) < 4.78 is 19.6. The van der Waals surface area contributed by atoms with Crippen LogP contribution in [0.4, 0.5) is 0 Å². The number of unbranched alkanes of at least 4 members (excludes halogenated alkanes) is 1. The van der Waals surface area contributed by atoms with Crippen LogP contribution in [0.5, 0.6) is 0 Å². The van der Waals surface area contributed by atoms with E-state index < -0.39 is 16.6 Å². The molecule has 0 amide bonds. The second kappa shape index (κ2) is 21.6. The number of esters is 1. The number of aliphatic hydroxyl groups is 1. The van der Waals surface area contributed by atoms with Crippen LogP contribution in [0.3, 0.4) is 0 Å². The number of allylic oxidation sites excluding steroid dienone is 2. The van der Waals surface area contributed by atoms with Crippen LogP contribution in [0, 0.1) is 11.8 Å². The summed E-state index contributed by atoms with van der Waals surface area (Å²) in [5.74, 6) is 0.421. The Hall–Kier alpha value is -1.26. The lowest BCUT2D eigenvalue weighted by atomic mass is 9.85. The minimum absolute atomic E-state index is 0.0997. The van der Waals surface area contributed by atoms with Gasteiger partial charge in [0.1, 0.15) is 0 Å². The third-order valence-electron chi connectivity index (χ3n) is 10.9. The van der Waals surface area contributed by atoms with Gasteiger partial charge in [-0.25, -0.2) is 0 Å². The molecule has 5 nitrogen and oxygen atoms in total. The van der Waals surface area contributed by atoms with Gasteiger partial charge < -0.3 is 18.7 Å². The van der Waals surface area contributed by atoms with Crippen LogP contribution in [-0.2, 0) is 24.8 Å². The Morgan fingerprint density at radius 1 is 0.889 bits per heavy atom. The van der Waals surface area contributed by atoms with E-state index in [4.69, 9.17) is 13.6 Å². The van der Waals surface area contributed by atoms with Gasteiger partial charge in [0.05, 0.1) is 18.8 Å². The number of rotatable bonds is 24. The normalized spacial score (nSPS) is 21.4. The van der Waals surface area contributed by atoms with Gasteiger partial charge in [-0.3, -0.25) is 4.79 Å². The molecule has 1 aromatic carbocycles. The number of hydrogen-bond acceptors (Lipinski definition) is 5. The Morgan fingerprint density at radius 2 is 1.53 bits per heavy atom. The predicted molar refractivity (Wildman–Crippen MR) is 195 cm³/mol.